The molecular formula is C38H77NO4. The Balaban J connectivity index is 0.000000901. The van der Waals surface area contributed by atoms with Crippen LogP contribution in [-0.4, -0.2) is 37.3 Å². The summed E-state index contributed by atoms with van der Waals surface area (Å²) in [6.45, 7) is 5.98. The summed E-state index contributed by atoms with van der Waals surface area (Å²) in [5, 5.41) is 11.5. The Morgan fingerprint density at radius 1 is 0.535 bits per heavy atom. The highest BCUT2D eigenvalue weighted by Gasteiger charge is 2.25. The third kappa shape index (κ3) is 34.2. The Kier molecular flexibility index (Phi) is 37.2. The SMILES string of the molecule is CCCCCCCCCCCCCCCCCOC1CCC(CN=O)O1.CCCCCCCCCCCCCCCCO. The molecule has 2 unspecified atom stereocenters. The number of hydrogen-bond acceptors (Lipinski definition) is 5. The summed E-state index contributed by atoms with van der Waals surface area (Å²) in [6.07, 6.45) is 41.6. The summed E-state index contributed by atoms with van der Waals surface area (Å²) in [6, 6.07) is 0. The number of ether oxygens (including phenoxy) is 2. The molecule has 1 aliphatic heterocycles. The van der Waals surface area contributed by atoms with E-state index < -0.39 is 0 Å². The molecular weight excluding hydrogens is 534 g/mol. The standard InChI is InChI=1S/C22H43NO3.C16H34O/c1-2-3-4-5-6-7-8-9-10-11-12-13-14-15-16-19-25-22-18-17-21(26-22)20-23-24;1-2-3-4-5-6-7-8-9-10-11-12-13-14-15-16-17/h21-22H,2-20H2,1H3;17H,2-16H2,1H3. The molecule has 1 saturated heterocycles. The van der Waals surface area contributed by atoms with Crippen LogP contribution in [0.3, 0.4) is 0 Å². The zero-order chi connectivity index (χ0) is 31.3. The molecule has 0 amide bonds. The fourth-order valence-electron chi connectivity index (χ4n) is 6.01. The zero-order valence-corrected chi connectivity index (χ0v) is 29.3. The van der Waals surface area contributed by atoms with Gasteiger partial charge in [0.25, 0.3) is 0 Å². The van der Waals surface area contributed by atoms with Crippen LogP contribution in [0.5, 0.6) is 0 Å². The minimum atomic E-state index is -0.103. The first-order valence-electron chi connectivity index (χ1n) is 19.4. The first-order chi connectivity index (χ1) is 21.3. The fraction of sp³-hybridized carbons (Fsp3) is 1.00. The molecule has 1 fully saturated rings. The van der Waals surface area contributed by atoms with Crippen molar-refractivity contribution < 1.29 is 14.6 Å². The van der Waals surface area contributed by atoms with Crippen molar-refractivity contribution in [1.82, 2.24) is 0 Å². The molecule has 2 atom stereocenters. The quantitative estimate of drug-likeness (QED) is 0.0592. The lowest BCUT2D eigenvalue weighted by Crippen LogP contribution is -2.16. The van der Waals surface area contributed by atoms with E-state index in [1.807, 2.05) is 0 Å². The van der Waals surface area contributed by atoms with E-state index in [-0.39, 0.29) is 18.9 Å². The molecule has 0 saturated carbocycles. The number of hydrogen-bond donors (Lipinski definition) is 1. The summed E-state index contributed by atoms with van der Waals surface area (Å²) in [5.74, 6) is 0. The van der Waals surface area contributed by atoms with Crippen LogP contribution in [-0.2, 0) is 9.47 Å². The monoisotopic (exact) mass is 612 g/mol. The molecule has 0 aromatic carbocycles. The van der Waals surface area contributed by atoms with Crippen molar-refractivity contribution in [2.45, 2.75) is 225 Å². The molecule has 43 heavy (non-hydrogen) atoms. The van der Waals surface area contributed by atoms with Crippen LogP contribution in [0.2, 0.25) is 0 Å². The lowest BCUT2D eigenvalue weighted by atomic mass is 10.0. The maximum Gasteiger partial charge on any atom is 0.158 e. The summed E-state index contributed by atoms with van der Waals surface area (Å²) in [4.78, 5) is 10.2. The molecule has 258 valence electrons. The van der Waals surface area contributed by atoms with Gasteiger partial charge in [-0.05, 0) is 19.3 Å². The van der Waals surface area contributed by atoms with Crippen molar-refractivity contribution in [3.8, 4) is 0 Å². The molecule has 0 aliphatic carbocycles. The van der Waals surface area contributed by atoms with Gasteiger partial charge in [0.15, 0.2) is 6.29 Å². The van der Waals surface area contributed by atoms with E-state index in [4.69, 9.17) is 14.6 Å². The summed E-state index contributed by atoms with van der Waals surface area (Å²) >= 11 is 0. The predicted octanol–water partition coefficient (Wildman–Crippen LogP) is 12.6. The van der Waals surface area contributed by atoms with Gasteiger partial charge >= 0.3 is 0 Å². The van der Waals surface area contributed by atoms with E-state index in [1.54, 1.807) is 0 Å². The first kappa shape index (κ1) is 42.5. The second-order valence-electron chi connectivity index (χ2n) is 13.2. The van der Waals surface area contributed by atoms with Crippen LogP contribution in [0.15, 0.2) is 5.18 Å². The lowest BCUT2D eigenvalue weighted by molar-refractivity contribution is -0.131. The zero-order valence-electron chi connectivity index (χ0n) is 29.3. The fourth-order valence-corrected chi connectivity index (χ4v) is 6.01. The van der Waals surface area contributed by atoms with Crippen LogP contribution in [0, 0.1) is 4.91 Å². The van der Waals surface area contributed by atoms with Gasteiger partial charge in [0.2, 0.25) is 0 Å². The molecule has 0 spiro atoms. The Labute approximate surface area is 269 Å². The maximum absolute atomic E-state index is 10.2. The third-order valence-electron chi connectivity index (χ3n) is 8.91. The average molecular weight is 612 g/mol. The van der Waals surface area contributed by atoms with E-state index in [2.05, 4.69) is 19.0 Å². The van der Waals surface area contributed by atoms with Gasteiger partial charge in [0.1, 0.15) is 6.54 Å². The van der Waals surface area contributed by atoms with E-state index in [0.29, 0.717) is 6.61 Å². The molecule has 5 heteroatoms. The van der Waals surface area contributed by atoms with Crippen molar-refractivity contribution in [3.63, 3.8) is 0 Å². The number of nitrogens with zero attached hydrogens (tertiary/aromatic N) is 1. The van der Waals surface area contributed by atoms with Gasteiger partial charge in [-0.15, -0.1) is 0 Å². The van der Waals surface area contributed by atoms with Crippen LogP contribution in [0.25, 0.3) is 0 Å². The predicted molar refractivity (Wildman–Crippen MR) is 187 cm³/mol. The summed E-state index contributed by atoms with van der Waals surface area (Å²) in [5.41, 5.74) is 0. The molecule has 0 radical (unpaired) electrons. The van der Waals surface area contributed by atoms with Gasteiger partial charge in [-0.2, -0.15) is 4.91 Å². The molecule has 0 aromatic heterocycles. The highest BCUT2D eigenvalue weighted by atomic mass is 16.7. The smallest absolute Gasteiger partial charge is 0.158 e. The second kappa shape index (κ2) is 37.7. The van der Waals surface area contributed by atoms with Crippen LogP contribution in [0.4, 0.5) is 0 Å². The van der Waals surface area contributed by atoms with Crippen LogP contribution in [0.1, 0.15) is 213 Å². The van der Waals surface area contributed by atoms with Crippen molar-refractivity contribution in [1.29, 1.82) is 0 Å². The number of nitroso groups, excluding NO2 is 1. The maximum atomic E-state index is 10.2. The number of aliphatic hydroxyl groups is 1. The van der Waals surface area contributed by atoms with Gasteiger partial charge < -0.3 is 14.6 Å². The largest absolute Gasteiger partial charge is 0.396 e. The van der Waals surface area contributed by atoms with Gasteiger partial charge in [0, 0.05) is 19.6 Å². The molecule has 1 rings (SSSR count). The highest BCUT2D eigenvalue weighted by molar-refractivity contribution is 4.70. The summed E-state index contributed by atoms with van der Waals surface area (Å²) < 4.78 is 11.3. The van der Waals surface area contributed by atoms with Crippen LogP contribution >= 0.6 is 0 Å². The molecule has 1 aliphatic rings. The van der Waals surface area contributed by atoms with E-state index in [1.165, 1.54) is 173 Å². The first-order valence-corrected chi connectivity index (χ1v) is 19.4. The minimum absolute atomic E-state index is 0.0152. The number of rotatable bonds is 33. The van der Waals surface area contributed by atoms with E-state index >= 15 is 0 Å². The molecule has 1 heterocycles. The Morgan fingerprint density at radius 3 is 1.23 bits per heavy atom. The number of aliphatic hydroxyl groups excluding tert-OH is 1. The molecule has 1 N–H and O–H groups in total. The van der Waals surface area contributed by atoms with Gasteiger partial charge in [0.05, 0.1) is 6.10 Å². The van der Waals surface area contributed by atoms with Crippen molar-refractivity contribution >= 4 is 0 Å². The summed E-state index contributed by atoms with van der Waals surface area (Å²) in [7, 11) is 0. The topological polar surface area (TPSA) is 68.1 Å². The average Bonchev–Trinajstić information content (AvgIpc) is 3.47. The van der Waals surface area contributed by atoms with Crippen molar-refractivity contribution in [3.05, 3.63) is 4.91 Å². The normalized spacial score (nSPS) is 16.3. The Hall–Kier alpha value is -0.520. The van der Waals surface area contributed by atoms with E-state index in [9.17, 15) is 4.91 Å². The number of unbranched alkanes of at least 4 members (excludes halogenated alkanes) is 27. The van der Waals surface area contributed by atoms with Gasteiger partial charge in [-0.25, -0.2) is 0 Å². The lowest BCUT2D eigenvalue weighted by Gasteiger charge is -2.12. The second-order valence-corrected chi connectivity index (χ2v) is 13.2. The highest BCUT2D eigenvalue weighted by Crippen LogP contribution is 2.21. The van der Waals surface area contributed by atoms with E-state index in [0.717, 1.165) is 32.3 Å². The molecule has 0 aromatic rings. The van der Waals surface area contributed by atoms with Crippen LogP contribution < -0.4 is 0 Å². The molecule has 5 nitrogen and oxygen atoms in total. The third-order valence-corrected chi connectivity index (χ3v) is 8.91. The van der Waals surface area contributed by atoms with Gasteiger partial charge in [-0.3, -0.25) is 0 Å². The molecule has 0 bridgehead atoms. The van der Waals surface area contributed by atoms with Crippen molar-refractivity contribution in [2.75, 3.05) is 19.8 Å². The minimum Gasteiger partial charge on any atom is -0.396 e. The Bertz CT molecular complexity index is 504. The van der Waals surface area contributed by atoms with Crippen molar-refractivity contribution in [2.24, 2.45) is 5.18 Å². The van der Waals surface area contributed by atoms with Gasteiger partial charge in [-0.1, -0.05) is 192 Å². The Morgan fingerprint density at radius 2 is 0.884 bits per heavy atom.